The van der Waals surface area contributed by atoms with Crippen molar-refractivity contribution in [1.82, 2.24) is 9.97 Å². The molecule has 47 heavy (non-hydrogen) atoms. The Morgan fingerprint density at radius 2 is 1.34 bits per heavy atom. The summed E-state index contributed by atoms with van der Waals surface area (Å²) in [7, 11) is 1.31. The third-order valence-electron chi connectivity index (χ3n) is 8.65. The van der Waals surface area contributed by atoms with E-state index in [0.29, 0.717) is 18.2 Å². The van der Waals surface area contributed by atoms with Gasteiger partial charge in [-0.05, 0) is 70.6 Å². The molecule has 4 aromatic rings. The molecule has 0 fully saturated rings. The van der Waals surface area contributed by atoms with Crippen molar-refractivity contribution in [3.8, 4) is 29.5 Å². The number of ether oxygens (including phenoxy) is 4. The zero-order valence-electron chi connectivity index (χ0n) is 29.1. The molecule has 9 heteroatoms. The van der Waals surface area contributed by atoms with E-state index in [1.165, 1.54) is 0 Å². The third kappa shape index (κ3) is 9.12. The van der Waals surface area contributed by atoms with E-state index in [1.54, 1.807) is 14.2 Å². The molecule has 3 aromatic carbocycles. The fraction of sp³-hybridized carbons (Fsp3) is 0.395. The summed E-state index contributed by atoms with van der Waals surface area (Å²) in [6.45, 7) is 16.3. The predicted octanol–water partition coefficient (Wildman–Crippen LogP) is 8.95. The van der Waals surface area contributed by atoms with Gasteiger partial charge in [0.2, 0.25) is 5.88 Å². The minimum Gasteiger partial charge on any atom is -0.497 e. The topological polar surface area (TPSA) is 95.7 Å². The highest BCUT2D eigenvalue weighted by molar-refractivity contribution is 6.74. The lowest BCUT2D eigenvalue weighted by atomic mass is 9.89. The van der Waals surface area contributed by atoms with Gasteiger partial charge in [0.25, 0.3) is 0 Å². The summed E-state index contributed by atoms with van der Waals surface area (Å²) in [5.74, 6) is 1.20. The van der Waals surface area contributed by atoms with Crippen molar-refractivity contribution in [2.45, 2.75) is 84.4 Å². The van der Waals surface area contributed by atoms with E-state index in [0.717, 1.165) is 39.3 Å². The second-order valence-corrected chi connectivity index (χ2v) is 18.2. The fourth-order valence-electron chi connectivity index (χ4n) is 4.76. The maximum atomic E-state index is 10.7. The minimum absolute atomic E-state index is 0.0348. The van der Waals surface area contributed by atoms with Crippen LogP contribution in [0.5, 0.6) is 23.4 Å². The van der Waals surface area contributed by atoms with Crippen molar-refractivity contribution in [1.29, 1.82) is 5.26 Å². The SMILES string of the molecule is COc1ccc(COc2nc(OCc3ccc(OC)cc3)c(C(C)C)c(C(C#N)c3cccc(CO[Si](C)(C)C(C)(C)C)c3)n2)cc1. The Balaban J connectivity index is 1.72. The molecule has 4 rings (SSSR count). The molecule has 8 nitrogen and oxygen atoms in total. The lowest BCUT2D eigenvalue weighted by molar-refractivity contribution is 0.254. The van der Waals surface area contributed by atoms with E-state index in [-0.39, 0.29) is 30.2 Å². The summed E-state index contributed by atoms with van der Waals surface area (Å²) in [5, 5.41) is 10.7. The Hall–Kier alpha value is -4.39. The molecule has 0 saturated carbocycles. The Bertz CT molecular complexity index is 1660. The van der Waals surface area contributed by atoms with Crippen LogP contribution in [0, 0.1) is 11.3 Å². The highest BCUT2D eigenvalue weighted by Crippen LogP contribution is 2.39. The van der Waals surface area contributed by atoms with Crippen LogP contribution in [-0.4, -0.2) is 32.5 Å². The minimum atomic E-state index is -1.96. The molecule has 1 heterocycles. The van der Waals surface area contributed by atoms with Gasteiger partial charge >= 0.3 is 6.01 Å². The highest BCUT2D eigenvalue weighted by Gasteiger charge is 2.37. The summed E-state index contributed by atoms with van der Waals surface area (Å²) in [6.07, 6.45) is 0. The van der Waals surface area contributed by atoms with Crippen LogP contribution in [0.4, 0.5) is 0 Å². The Morgan fingerprint density at radius 1 is 0.766 bits per heavy atom. The van der Waals surface area contributed by atoms with Crippen LogP contribution in [0.2, 0.25) is 18.1 Å². The van der Waals surface area contributed by atoms with Crippen molar-refractivity contribution in [2.24, 2.45) is 0 Å². The molecule has 0 amide bonds. The largest absolute Gasteiger partial charge is 0.497 e. The summed E-state index contributed by atoms with van der Waals surface area (Å²) < 4.78 is 29.6. The van der Waals surface area contributed by atoms with Crippen molar-refractivity contribution in [3.63, 3.8) is 0 Å². The van der Waals surface area contributed by atoms with Gasteiger partial charge in [-0.2, -0.15) is 15.2 Å². The molecular formula is C38H47N3O5Si. The van der Waals surface area contributed by atoms with E-state index in [2.05, 4.69) is 53.8 Å². The molecule has 0 N–H and O–H groups in total. The van der Waals surface area contributed by atoms with Crippen molar-refractivity contribution in [3.05, 3.63) is 106 Å². The van der Waals surface area contributed by atoms with Gasteiger partial charge in [0.05, 0.1) is 32.6 Å². The maximum Gasteiger partial charge on any atom is 0.320 e. The van der Waals surface area contributed by atoms with E-state index in [1.807, 2.05) is 72.8 Å². The quantitative estimate of drug-likeness (QED) is 0.125. The summed E-state index contributed by atoms with van der Waals surface area (Å²) >= 11 is 0. The van der Waals surface area contributed by atoms with Crippen LogP contribution >= 0.6 is 0 Å². The first-order chi connectivity index (χ1) is 22.3. The van der Waals surface area contributed by atoms with Crippen LogP contribution in [0.1, 0.15) is 80.0 Å². The van der Waals surface area contributed by atoms with E-state index < -0.39 is 14.2 Å². The van der Waals surface area contributed by atoms with E-state index in [4.69, 9.17) is 33.3 Å². The van der Waals surface area contributed by atoms with E-state index in [9.17, 15) is 5.26 Å². The van der Waals surface area contributed by atoms with Gasteiger partial charge < -0.3 is 23.4 Å². The number of hydrogen-bond acceptors (Lipinski definition) is 8. The number of rotatable bonds is 14. The van der Waals surface area contributed by atoms with Crippen LogP contribution in [0.15, 0.2) is 72.8 Å². The van der Waals surface area contributed by atoms with Crippen molar-refractivity contribution in [2.75, 3.05) is 14.2 Å². The molecule has 1 atom stereocenters. The smallest absolute Gasteiger partial charge is 0.320 e. The first kappa shape index (κ1) is 35.5. The zero-order valence-corrected chi connectivity index (χ0v) is 30.1. The molecule has 0 aliphatic rings. The number of nitriles is 1. The van der Waals surface area contributed by atoms with Gasteiger partial charge in [0.1, 0.15) is 30.6 Å². The van der Waals surface area contributed by atoms with Gasteiger partial charge in [0, 0.05) is 5.56 Å². The lowest BCUT2D eigenvalue weighted by Gasteiger charge is -2.36. The van der Waals surface area contributed by atoms with Crippen LogP contribution < -0.4 is 18.9 Å². The van der Waals surface area contributed by atoms with Gasteiger partial charge in [0.15, 0.2) is 8.32 Å². The van der Waals surface area contributed by atoms with Gasteiger partial charge in [-0.25, -0.2) is 0 Å². The first-order valence-corrected chi connectivity index (χ1v) is 18.8. The molecule has 1 unspecified atom stereocenters. The van der Waals surface area contributed by atoms with Crippen molar-refractivity contribution < 1.29 is 23.4 Å². The van der Waals surface area contributed by atoms with Crippen LogP contribution in [0.25, 0.3) is 0 Å². The van der Waals surface area contributed by atoms with E-state index >= 15 is 0 Å². The molecule has 1 aromatic heterocycles. The monoisotopic (exact) mass is 653 g/mol. The zero-order chi connectivity index (χ0) is 34.2. The molecule has 0 aliphatic carbocycles. The van der Waals surface area contributed by atoms with Gasteiger partial charge in [-0.1, -0.05) is 83.1 Å². The standard InChI is InChI=1S/C38H47N3O5Si/c1-26(2)34-35(33(22-39)30-12-10-11-29(21-30)25-46-47(8,9)38(3,4)5)40-37(45-24-28-15-19-32(43-7)20-16-28)41-36(34)44-23-27-13-17-31(42-6)18-14-27/h10-21,26,33H,23-25H2,1-9H3. The summed E-state index contributed by atoms with van der Waals surface area (Å²) in [6, 6.07) is 26.0. The Kier molecular flexibility index (Phi) is 11.7. The fourth-order valence-corrected chi connectivity index (χ4v) is 5.72. The normalized spacial score (nSPS) is 12.4. The second-order valence-electron chi connectivity index (χ2n) is 13.4. The lowest BCUT2D eigenvalue weighted by Crippen LogP contribution is -2.40. The maximum absolute atomic E-state index is 10.7. The second kappa shape index (κ2) is 15.5. The number of benzene rings is 3. The Morgan fingerprint density at radius 3 is 1.85 bits per heavy atom. The highest BCUT2D eigenvalue weighted by atomic mass is 28.4. The van der Waals surface area contributed by atoms with Gasteiger partial charge in [-0.15, -0.1) is 0 Å². The van der Waals surface area contributed by atoms with Crippen LogP contribution in [-0.2, 0) is 24.2 Å². The molecule has 0 bridgehead atoms. The molecule has 0 aliphatic heterocycles. The molecule has 248 valence electrons. The average Bonchev–Trinajstić information content (AvgIpc) is 3.05. The first-order valence-electron chi connectivity index (χ1n) is 15.9. The Labute approximate surface area is 280 Å². The summed E-state index contributed by atoms with van der Waals surface area (Å²) in [4.78, 5) is 9.60. The number of nitrogens with zero attached hydrogens (tertiary/aromatic N) is 3. The van der Waals surface area contributed by atoms with Crippen LogP contribution in [0.3, 0.4) is 0 Å². The third-order valence-corrected chi connectivity index (χ3v) is 13.1. The van der Waals surface area contributed by atoms with Gasteiger partial charge in [-0.3, -0.25) is 0 Å². The molecule has 0 radical (unpaired) electrons. The number of methoxy groups -OCH3 is 2. The van der Waals surface area contributed by atoms with Crippen molar-refractivity contribution >= 4 is 8.32 Å². The molecular weight excluding hydrogens is 607 g/mol. The molecule has 0 spiro atoms. The molecule has 0 saturated heterocycles. The predicted molar refractivity (Wildman–Crippen MR) is 187 cm³/mol. The average molecular weight is 654 g/mol. The summed E-state index contributed by atoms with van der Waals surface area (Å²) in [5.41, 5.74) is 5.05. The number of aromatic nitrogens is 2. The number of hydrogen-bond donors (Lipinski definition) is 0.